The van der Waals surface area contributed by atoms with Gasteiger partial charge in [-0.25, -0.2) is 0 Å². The van der Waals surface area contributed by atoms with Gasteiger partial charge in [-0.05, 0) is 61.1 Å². The fraction of sp³-hybridized carbons (Fsp3) is 0.381. The molecule has 1 saturated heterocycles. The minimum atomic E-state index is -0.0272. The predicted molar refractivity (Wildman–Crippen MR) is 105 cm³/mol. The molecule has 0 spiro atoms. The highest BCUT2D eigenvalue weighted by Gasteiger charge is 2.28. The van der Waals surface area contributed by atoms with E-state index in [2.05, 4.69) is 41.4 Å². The van der Waals surface area contributed by atoms with Gasteiger partial charge in [0.1, 0.15) is 0 Å². The fourth-order valence-corrected chi connectivity index (χ4v) is 4.77. The average Bonchev–Trinajstić information content (AvgIpc) is 3.07. The van der Waals surface area contributed by atoms with Gasteiger partial charge in [-0.1, -0.05) is 25.1 Å². The van der Waals surface area contributed by atoms with E-state index in [1.165, 1.54) is 29.0 Å². The molecule has 1 N–H and O–H groups in total. The number of fused-ring (bicyclic) bond motifs is 1. The predicted octanol–water partition coefficient (Wildman–Crippen LogP) is 4.58. The second-order valence-electron chi connectivity index (χ2n) is 7.12. The fourth-order valence-electron chi connectivity index (χ4n) is 3.57. The minimum Gasteiger partial charge on any atom is -0.372 e. The summed E-state index contributed by atoms with van der Waals surface area (Å²) >= 11 is 1.67. The normalized spacial score (nSPS) is 20.4. The third-order valence-corrected chi connectivity index (χ3v) is 6.54. The second-order valence-corrected chi connectivity index (χ2v) is 8.37. The van der Waals surface area contributed by atoms with E-state index in [4.69, 9.17) is 0 Å². The van der Waals surface area contributed by atoms with Crippen LogP contribution in [-0.4, -0.2) is 24.2 Å². The maximum atomic E-state index is 12.6. The van der Waals surface area contributed by atoms with E-state index < -0.39 is 0 Å². The molecule has 1 atom stereocenters. The van der Waals surface area contributed by atoms with Crippen LogP contribution in [0.3, 0.4) is 0 Å². The van der Waals surface area contributed by atoms with E-state index >= 15 is 0 Å². The van der Waals surface area contributed by atoms with Gasteiger partial charge in [-0.15, -0.1) is 11.8 Å². The van der Waals surface area contributed by atoms with E-state index in [0.717, 1.165) is 31.1 Å². The molecule has 4 heteroatoms. The summed E-state index contributed by atoms with van der Waals surface area (Å²) in [5.74, 6) is 0.934. The molecule has 0 bridgehead atoms. The zero-order chi connectivity index (χ0) is 17.2. The Morgan fingerprint density at radius 3 is 2.52 bits per heavy atom. The number of carbonyl (C=O) groups is 1. The van der Waals surface area contributed by atoms with Crippen molar-refractivity contribution in [1.82, 2.24) is 0 Å². The SMILES string of the molecule is CC1CCN(c2ccc(NC(=O)C3Cc4ccccc4S3)cc2)CC1. The smallest absolute Gasteiger partial charge is 0.238 e. The Kier molecular flexibility index (Phi) is 4.71. The van der Waals surface area contributed by atoms with Crippen LogP contribution in [0.15, 0.2) is 53.4 Å². The van der Waals surface area contributed by atoms with Gasteiger partial charge in [0.05, 0.1) is 5.25 Å². The van der Waals surface area contributed by atoms with Gasteiger partial charge in [-0.2, -0.15) is 0 Å². The Labute approximate surface area is 153 Å². The number of piperidine rings is 1. The average molecular weight is 353 g/mol. The molecule has 2 aliphatic rings. The third-order valence-electron chi connectivity index (χ3n) is 5.22. The number of hydrogen-bond acceptors (Lipinski definition) is 3. The van der Waals surface area contributed by atoms with Crippen LogP contribution in [0, 0.1) is 5.92 Å². The van der Waals surface area contributed by atoms with Crippen molar-refractivity contribution in [3.8, 4) is 0 Å². The lowest BCUT2D eigenvalue weighted by atomic mass is 9.99. The van der Waals surface area contributed by atoms with E-state index in [0.29, 0.717) is 0 Å². The third kappa shape index (κ3) is 3.69. The monoisotopic (exact) mass is 352 g/mol. The van der Waals surface area contributed by atoms with E-state index in [1.807, 2.05) is 24.3 Å². The highest BCUT2D eigenvalue weighted by atomic mass is 32.2. The van der Waals surface area contributed by atoms with Crippen LogP contribution in [-0.2, 0) is 11.2 Å². The standard InChI is InChI=1S/C21H24N2OS/c1-15-10-12-23(13-11-15)18-8-6-17(7-9-18)22-21(24)20-14-16-4-2-3-5-19(16)25-20/h2-9,15,20H,10-14H2,1H3,(H,22,24). The topological polar surface area (TPSA) is 32.3 Å². The first-order valence-corrected chi connectivity index (χ1v) is 9.97. The summed E-state index contributed by atoms with van der Waals surface area (Å²) in [6, 6.07) is 16.6. The van der Waals surface area contributed by atoms with Crippen molar-refractivity contribution >= 4 is 29.0 Å². The van der Waals surface area contributed by atoms with Gasteiger partial charge >= 0.3 is 0 Å². The summed E-state index contributed by atoms with van der Waals surface area (Å²) in [7, 11) is 0. The zero-order valence-electron chi connectivity index (χ0n) is 14.6. The summed E-state index contributed by atoms with van der Waals surface area (Å²) < 4.78 is 0. The number of amides is 1. The Bertz CT molecular complexity index is 726. The number of rotatable bonds is 3. The first-order valence-electron chi connectivity index (χ1n) is 9.09. The summed E-state index contributed by atoms with van der Waals surface area (Å²) in [6.45, 7) is 4.59. The Morgan fingerprint density at radius 2 is 1.80 bits per heavy atom. The van der Waals surface area contributed by atoms with Gasteiger partial charge in [0.25, 0.3) is 0 Å². The zero-order valence-corrected chi connectivity index (χ0v) is 15.4. The van der Waals surface area contributed by atoms with Gasteiger partial charge in [0.15, 0.2) is 0 Å². The van der Waals surface area contributed by atoms with Crippen molar-refractivity contribution < 1.29 is 4.79 Å². The Morgan fingerprint density at radius 1 is 1.08 bits per heavy atom. The molecular formula is C21H24N2OS. The van der Waals surface area contributed by atoms with Crippen molar-refractivity contribution in [2.24, 2.45) is 5.92 Å². The van der Waals surface area contributed by atoms with Crippen molar-refractivity contribution in [2.45, 2.75) is 36.3 Å². The largest absolute Gasteiger partial charge is 0.372 e. The number of carbonyl (C=O) groups excluding carboxylic acids is 1. The molecular weight excluding hydrogens is 328 g/mol. The highest BCUT2D eigenvalue weighted by Crippen LogP contribution is 2.37. The van der Waals surface area contributed by atoms with Crippen LogP contribution < -0.4 is 10.2 Å². The lowest BCUT2D eigenvalue weighted by molar-refractivity contribution is -0.115. The summed E-state index contributed by atoms with van der Waals surface area (Å²) in [5, 5.41) is 3.05. The van der Waals surface area contributed by atoms with Gasteiger partial charge in [0, 0.05) is 29.4 Å². The van der Waals surface area contributed by atoms with Crippen LogP contribution in [0.1, 0.15) is 25.3 Å². The second kappa shape index (κ2) is 7.12. The molecule has 0 radical (unpaired) electrons. The van der Waals surface area contributed by atoms with Gasteiger partial charge in [0.2, 0.25) is 5.91 Å². The minimum absolute atomic E-state index is 0.0272. The molecule has 1 fully saturated rings. The molecule has 1 unspecified atom stereocenters. The molecule has 2 heterocycles. The maximum Gasteiger partial charge on any atom is 0.238 e. The van der Waals surface area contributed by atoms with Crippen LogP contribution in [0.5, 0.6) is 0 Å². The van der Waals surface area contributed by atoms with Crippen LogP contribution >= 0.6 is 11.8 Å². The number of hydrogen-bond donors (Lipinski definition) is 1. The van der Waals surface area contributed by atoms with E-state index in [1.54, 1.807) is 11.8 Å². The Balaban J connectivity index is 1.36. The lowest BCUT2D eigenvalue weighted by Gasteiger charge is -2.32. The molecule has 3 nitrogen and oxygen atoms in total. The quantitative estimate of drug-likeness (QED) is 0.878. The number of anilines is 2. The maximum absolute atomic E-state index is 12.6. The number of nitrogens with zero attached hydrogens (tertiary/aromatic N) is 1. The van der Waals surface area contributed by atoms with Crippen LogP contribution in [0.25, 0.3) is 0 Å². The van der Waals surface area contributed by atoms with Crippen molar-refractivity contribution in [3.05, 3.63) is 54.1 Å². The lowest BCUT2D eigenvalue weighted by Crippen LogP contribution is -2.32. The first kappa shape index (κ1) is 16.5. The van der Waals surface area contributed by atoms with Crippen LogP contribution in [0.2, 0.25) is 0 Å². The van der Waals surface area contributed by atoms with E-state index in [-0.39, 0.29) is 11.2 Å². The van der Waals surface area contributed by atoms with Gasteiger partial charge in [-0.3, -0.25) is 4.79 Å². The van der Waals surface area contributed by atoms with E-state index in [9.17, 15) is 4.79 Å². The highest BCUT2D eigenvalue weighted by molar-refractivity contribution is 8.01. The summed E-state index contributed by atoms with van der Waals surface area (Å²) in [4.78, 5) is 16.2. The molecule has 1 amide bonds. The molecule has 0 aliphatic carbocycles. The molecule has 4 rings (SSSR count). The van der Waals surface area contributed by atoms with Crippen LogP contribution in [0.4, 0.5) is 11.4 Å². The molecule has 2 aromatic carbocycles. The molecule has 2 aromatic rings. The first-order chi connectivity index (χ1) is 12.2. The summed E-state index contributed by atoms with van der Waals surface area (Å²) in [5.41, 5.74) is 3.42. The number of thioether (sulfide) groups is 1. The van der Waals surface area contributed by atoms with Crippen molar-refractivity contribution in [2.75, 3.05) is 23.3 Å². The summed E-state index contributed by atoms with van der Waals surface area (Å²) in [6.07, 6.45) is 3.34. The van der Waals surface area contributed by atoms with Crippen molar-refractivity contribution in [3.63, 3.8) is 0 Å². The molecule has 2 aliphatic heterocycles. The molecule has 130 valence electrons. The molecule has 0 saturated carbocycles. The molecule has 0 aromatic heterocycles. The van der Waals surface area contributed by atoms with Gasteiger partial charge < -0.3 is 10.2 Å². The number of nitrogens with one attached hydrogen (secondary N) is 1. The Hall–Kier alpha value is -1.94. The van der Waals surface area contributed by atoms with Crippen molar-refractivity contribution in [1.29, 1.82) is 0 Å². The molecule has 25 heavy (non-hydrogen) atoms. The number of benzene rings is 2.